The third-order valence-electron chi connectivity index (χ3n) is 1.44. The van der Waals surface area contributed by atoms with Crippen LogP contribution >= 0.6 is 73.2 Å². The van der Waals surface area contributed by atoms with Gasteiger partial charge in [-0.05, 0) is 20.8 Å². The SMILES string of the molecule is CC(S)SCC(CSC(C)S)SC(C)S. The van der Waals surface area contributed by atoms with Crippen molar-refractivity contribution in [3.8, 4) is 0 Å². The zero-order chi connectivity index (χ0) is 11.8. The van der Waals surface area contributed by atoms with E-state index in [0.717, 1.165) is 11.5 Å². The van der Waals surface area contributed by atoms with Gasteiger partial charge in [0.1, 0.15) is 0 Å². The van der Waals surface area contributed by atoms with Crippen LogP contribution in [-0.2, 0) is 0 Å². The lowest BCUT2D eigenvalue weighted by Crippen LogP contribution is -2.14. The summed E-state index contributed by atoms with van der Waals surface area (Å²) in [6.45, 7) is 6.37. The monoisotopic (exact) mass is 320 g/mol. The molecular formula is C9H20S6. The molecule has 0 radical (unpaired) electrons. The van der Waals surface area contributed by atoms with Crippen LogP contribution in [-0.4, -0.2) is 30.5 Å². The van der Waals surface area contributed by atoms with Gasteiger partial charge in [0.2, 0.25) is 0 Å². The second-order valence-corrected chi connectivity index (χ2v) is 11.0. The highest BCUT2D eigenvalue weighted by molar-refractivity contribution is 8.14. The fraction of sp³-hybridized carbons (Fsp3) is 1.00. The Morgan fingerprint density at radius 2 is 1.20 bits per heavy atom. The van der Waals surface area contributed by atoms with Gasteiger partial charge in [0.15, 0.2) is 0 Å². The van der Waals surface area contributed by atoms with E-state index in [9.17, 15) is 0 Å². The van der Waals surface area contributed by atoms with E-state index in [1.54, 1.807) is 0 Å². The number of thioether (sulfide) groups is 3. The highest BCUT2D eigenvalue weighted by Gasteiger charge is 2.14. The molecule has 0 aliphatic rings. The highest BCUT2D eigenvalue weighted by atomic mass is 32.2. The summed E-state index contributed by atoms with van der Waals surface area (Å²) >= 11 is 18.9. The smallest absolute Gasteiger partial charge is 0.0447 e. The summed E-state index contributed by atoms with van der Waals surface area (Å²) in [6.07, 6.45) is 0. The quantitative estimate of drug-likeness (QED) is 0.449. The Labute approximate surface area is 123 Å². The summed E-state index contributed by atoms with van der Waals surface area (Å²) in [5.74, 6) is 2.29. The van der Waals surface area contributed by atoms with Crippen LogP contribution in [0.4, 0.5) is 0 Å². The van der Waals surface area contributed by atoms with Crippen molar-refractivity contribution in [1.82, 2.24) is 0 Å². The molecule has 0 fully saturated rings. The number of rotatable bonds is 8. The molecule has 0 aliphatic heterocycles. The van der Waals surface area contributed by atoms with E-state index < -0.39 is 0 Å². The Bertz CT molecular complexity index is 136. The van der Waals surface area contributed by atoms with Crippen molar-refractivity contribution < 1.29 is 0 Å². The van der Waals surface area contributed by atoms with Gasteiger partial charge in [-0.15, -0.1) is 35.3 Å². The molecule has 3 atom stereocenters. The van der Waals surface area contributed by atoms with Crippen LogP contribution in [0.2, 0.25) is 0 Å². The molecule has 3 unspecified atom stereocenters. The Kier molecular flexibility index (Phi) is 11.5. The molecule has 0 aromatic carbocycles. The molecule has 0 nitrogen and oxygen atoms in total. The fourth-order valence-corrected chi connectivity index (χ4v) is 4.96. The van der Waals surface area contributed by atoms with Gasteiger partial charge in [0, 0.05) is 30.5 Å². The first-order chi connectivity index (χ1) is 6.91. The molecule has 0 saturated carbocycles. The average Bonchev–Trinajstić information content (AvgIpc) is 2.08. The van der Waals surface area contributed by atoms with Gasteiger partial charge < -0.3 is 0 Å². The molecule has 0 aromatic rings. The van der Waals surface area contributed by atoms with Crippen LogP contribution in [0.3, 0.4) is 0 Å². The predicted molar refractivity (Wildman–Crippen MR) is 91.6 cm³/mol. The minimum atomic E-state index is 0.404. The van der Waals surface area contributed by atoms with Crippen LogP contribution in [0.25, 0.3) is 0 Å². The minimum absolute atomic E-state index is 0.404. The van der Waals surface area contributed by atoms with Crippen molar-refractivity contribution in [3.63, 3.8) is 0 Å². The molecule has 0 heterocycles. The van der Waals surface area contributed by atoms with Crippen molar-refractivity contribution >= 4 is 73.2 Å². The number of hydrogen-bond donors (Lipinski definition) is 3. The Morgan fingerprint density at radius 3 is 1.47 bits per heavy atom. The third-order valence-corrected chi connectivity index (χ3v) is 6.38. The topological polar surface area (TPSA) is 0 Å². The zero-order valence-corrected chi connectivity index (χ0v) is 14.4. The lowest BCUT2D eigenvalue weighted by atomic mass is 10.5. The molecule has 0 aliphatic carbocycles. The molecular weight excluding hydrogens is 301 g/mol. The molecule has 0 saturated heterocycles. The van der Waals surface area contributed by atoms with Gasteiger partial charge in [-0.2, -0.15) is 37.9 Å². The van der Waals surface area contributed by atoms with Crippen molar-refractivity contribution in [1.29, 1.82) is 0 Å². The standard InChI is InChI=1S/C9H20S6/c1-6(10)13-4-9(15-8(3)12)5-14-7(2)11/h6-12H,4-5H2,1-3H3. The van der Waals surface area contributed by atoms with E-state index >= 15 is 0 Å². The van der Waals surface area contributed by atoms with Crippen LogP contribution in [0, 0.1) is 0 Å². The summed E-state index contributed by atoms with van der Waals surface area (Å²) in [7, 11) is 0. The molecule has 0 spiro atoms. The van der Waals surface area contributed by atoms with E-state index in [1.165, 1.54) is 0 Å². The van der Waals surface area contributed by atoms with Crippen LogP contribution in [0.1, 0.15) is 20.8 Å². The maximum atomic E-state index is 4.43. The lowest BCUT2D eigenvalue weighted by Gasteiger charge is -2.19. The summed E-state index contributed by atoms with van der Waals surface area (Å²) in [5.41, 5.74) is 0. The first-order valence-corrected chi connectivity index (χ1v) is 9.43. The van der Waals surface area contributed by atoms with Gasteiger partial charge in [-0.3, -0.25) is 0 Å². The first-order valence-electron chi connectivity index (χ1n) is 4.84. The molecule has 0 aromatic heterocycles. The first kappa shape index (κ1) is 17.1. The maximum absolute atomic E-state index is 4.43. The molecule has 0 rings (SSSR count). The van der Waals surface area contributed by atoms with Crippen molar-refractivity contribution in [3.05, 3.63) is 0 Å². The third kappa shape index (κ3) is 12.3. The number of thiol groups is 3. The van der Waals surface area contributed by atoms with Gasteiger partial charge in [-0.25, -0.2) is 0 Å². The second-order valence-electron chi connectivity index (χ2n) is 3.22. The average molecular weight is 321 g/mol. The maximum Gasteiger partial charge on any atom is 0.0447 e. The summed E-state index contributed by atoms with van der Waals surface area (Å²) in [6, 6.07) is 0. The van der Waals surface area contributed by atoms with Gasteiger partial charge >= 0.3 is 0 Å². The van der Waals surface area contributed by atoms with E-state index in [2.05, 4.69) is 58.7 Å². The van der Waals surface area contributed by atoms with Crippen molar-refractivity contribution in [2.75, 3.05) is 11.5 Å². The van der Waals surface area contributed by atoms with Crippen molar-refractivity contribution in [2.24, 2.45) is 0 Å². The van der Waals surface area contributed by atoms with E-state index in [-0.39, 0.29) is 0 Å². The van der Waals surface area contributed by atoms with E-state index in [1.807, 2.05) is 35.3 Å². The molecule has 0 N–H and O–H groups in total. The van der Waals surface area contributed by atoms with E-state index in [4.69, 9.17) is 0 Å². The molecule has 92 valence electrons. The summed E-state index contributed by atoms with van der Waals surface area (Å²) in [4.78, 5) is 0. The van der Waals surface area contributed by atoms with Gasteiger partial charge in [0.25, 0.3) is 0 Å². The molecule has 0 amide bonds. The van der Waals surface area contributed by atoms with Gasteiger partial charge in [0.05, 0.1) is 0 Å². The van der Waals surface area contributed by atoms with Crippen LogP contribution in [0.5, 0.6) is 0 Å². The van der Waals surface area contributed by atoms with Gasteiger partial charge in [-0.1, -0.05) is 0 Å². The fourth-order valence-electron chi connectivity index (χ4n) is 0.898. The molecule has 0 bridgehead atoms. The van der Waals surface area contributed by atoms with E-state index in [0.29, 0.717) is 19.0 Å². The predicted octanol–water partition coefficient (Wildman–Crippen LogP) is 4.38. The normalized spacial score (nSPS) is 19.6. The Morgan fingerprint density at radius 1 is 0.800 bits per heavy atom. The zero-order valence-electron chi connectivity index (χ0n) is 9.29. The second kappa shape index (κ2) is 10.1. The van der Waals surface area contributed by atoms with Crippen LogP contribution < -0.4 is 0 Å². The number of hydrogen-bond acceptors (Lipinski definition) is 6. The Balaban J connectivity index is 3.84. The van der Waals surface area contributed by atoms with Crippen molar-refractivity contribution in [2.45, 2.75) is 39.8 Å². The van der Waals surface area contributed by atoms with Crippen LogP contribution in [0.15, 0.2) is 0 Å². The summed E-state index contributed by atoms with van der Waals surface area (Å²) in [5, 5.41) is 0.650. The highest BCUT2D eigenvalue weighted by Crippen LogP contribution is 2.30. The molecule has 15 heavy (non-hydrogen) atoms. The minimum Gasteiger partial charge on any atom is -0.165 e. The largest absolute Gasteiger partial charge is 0.165 e. The molecule has 6 heteroatoms. The Hall–Kier alpha value is 2.10. The lowest BCUT2D eigenvalue weighted by molar-refractivity contribution is 1.13. The summed E-state index contributed by atoms with van der Waals surface area (Å²) < 4.78 is 1.24.